The molecule has 188 valence electrons. The first-order valence-corrected chi connectivity index (χ1v) is 13.5. The van der Waals surface area contributed by atoms with Gasteiger partial charge >= 0.3 is 0 Å². The summed E-state index contributed by atoms with van der Waals surface area (Å²) >= 11 is 0. The molecular formula is C37H24N2O. The fraction of sp³-hybridized carbons (Fsp3) is 0. The smallest absolute Gasteiger partial charge is 0.193 e. The van der Waals surface area contributed by atoms with E-state index in [4.69, 9.17) is 0 Å². The summed E-state index contributed by atoms with van der Waals surface area (Å²) in [7, 11) is 0. The van der Waals surface area contributed by atoms with Crippen molar-refractivity contribution < 1.29 is 4.79 Å². The van der Waals surface area contributed by atoms with Crippen molar-refractivity contribution in [1.82, 2.24) is 9.97 Å². The second-order valence-electron chi connectivity index (χ2n) is 10.2. The zero-order valence-electron chi connectivity index (χ0n) is 21.6. The number of fused-ring (bicyclic) bond motifs is 6. The molecule has 0 fully saturated rings. The Morgan fingerprint density at radius 3 is 1.60 bits per heavy atom. The van der Waals surface area contributed by atoms with Gasteiger partial charge in [0.15, 0.2) is 5.78 Å². The van der Waals surface area contributed by atoms with E-state index in [9.17, 15) is 4.79 Å². The van der Waals surface area contributed by atoms with Gasteiger partial charge in [-0.1, -0.05) is 121 Å². The lowest BCUT2D eigenvalue weighted by atomic mass is 9.86. The van der Waals surface area contributed by atoms with Crippen LogP contribution in [-0.2, 0) is 0 Å². The maximum Gasteiger partial charge on any atom is 0.193 e. The summed E-state index contributed by atoms with van der Waals surface area (Å²) in [4.78, 5) is 21.5. The molecule has 8 aromatic rings. The lowest BCUT2D eigenvalue weighted by Crippen LogP contribution is -2.05. The summed E-state index contributed by atoms with van der Waals surface area (Å²) in [6.07, 6.45) is 0. The highest BCUT2D eigenvalue weighted by atomic mass is 16.1. The van der Waals surface area contributed by atoms with Gasteiger partial charge in [0.1, 0.15) is 0 Å². The van der Waals surface area contributed by atoms with E-state index in [0.29, 0.717) is 11.1 Å². The van der Waals surface area contributed by atoms with E-state index in [2.05, 4.69) is 94.9 Å². The second kappa shape index (κ2) is 8.82. The predicted molar refractivity (Wildman–Crippen MR) is 166 cm³/mol. The van der Waals surface area contributed by atoms with Crippen LogP contribution >= 0.6 is 0 Å². The number of hydrogen-bond donors (Lipinski definition) is 2. The van der Waals surface area contributed by atoms with Gasteiger partial charge < -0.3 is 9.97 Å². The Hall–Kier alpha value is -5.41. The maximum absolute atomic E-state index is 14.1. The molecule has 2 N–H and O–H groups in total. The number of benzene rings is 6. The first-order valence-electron chi connectivity index (χ1n) is 13.5. The molecule has 8 rings (SSSR count). The molecule has 6 aromatic carbocycles. The average Bonchev–Trinajstić information content (AvgIpc) is 3.59. The fourth-order valence-corrected chi connectivity index (χ4v) is 6.18. The average molecular weight is 513 g/mol. The monoisotopic (exact) mass is 512 g/mol. The molecule has 2 aromatic heterocycles. The first-order chi connectivity index (χ1) is 19.8. The van der Waals surface area contributed by atoms with Crippen molar-refractivity contribution in [2.75, 3.05) is 0 Å². The van der Waals surface area contributed by atoms with Crippen LogP contribution in [0.3, 0.4) is 0 Å². The Kier molecular flexibility index (Phi) is 4.98. The van der Waals surface area contributed by atoms with Crippen LogP contribution in [0, 0.1) is 0 Å². The van der Waals surface area contributed by atoms with Crippen molar-refractivity contribution in [3.05, 3.63) is 145 Å². The van der Waals surface area contributed by atoms with Gasteiger partial charge in [-0.05, 0) is 17.7 Å². The van der Waals surface area contributed by atoms with Gasteiger partial charge in [-0.3, -0.25) is 4.79 Å². The van der Waals surface area contributed by atoms with Crippen molar-refractivity contribution >= 4 is 49.4 Å². The quantitative estimate of drug-likeness (QED) is 0.227. The highest BCUT2D eigenvalue weighted by molar-refractivity contribution is 6.20. The van der Waals surface area contributed by atoms with E-state index in [1.54, 1.807) is 0 Å². The van der Waals surface area contributed by atoms with Gasteiger partial charge in [0.05, 0.1) is 11.0 Å². The van der Waals surface area contributed by atoms with Crippen molar-refractivity contribution in [3.63, 3.8) is 0 Å². The number of aromatic nitrogens is 2. The third-order valence-electron chi connectivity index (χ3n) is 7.99. The number of rotatable bonds is 4. The summed E-state index contributed by atoms with van der Waals surface area (Å²) < 4.78 is 0. The van der Waals surface area contributed by atoms with Crippen molar-refractivity contribution in [2.24, 2.45) is 0 Å². The van der Waals surface area contributed by atoms with Crippen LogP contribution in [0.1, 0.15) is 15.9 Å². The molecule has 0 aliphatic rings. The molecule has 2 heterocycles. The largest absolute Gasteiger partial charge is 0.354 e. The number of aromatic amines is 2. The van der Waals surface area contributed by atoms with E-state index < -0.39 is 0 Å². The molecule has 0 aliphatic heterocycles. The van der Waals surface area contributed by atoms with Crippen LogP contribution in [0.4, 0.5) is 0 Å². The highest BCUT2D eigenvalue weighted by Crippen LogP contribution is 2.43. The minimum Gasteiger partial charge on any atom is -0.354 e. The molecule has 40 heavy (non-hydrogen) atoms. The molecule has 3 heteroatoms. The lowest BCUT2D eigenvalue weighted by Gasteiger charge is -2.17. The number of carbonyl (C=O) groups excluding carboxylic acids is 1. The van der Waals surface area contributed by atoms with Crippen LogP contribution in [-0.4, -0.2) is 15.8 Å². The molecule has 3 nitrogen and oxygen atoms in total. The molecule has 0 radical (unpaired) electrons. The molecule has 0 bridgehead atoms. The van der Waals surface area contributed by atoms with Gasteiger partial charge in [0, 0.05) is 60.4 Å². The van der Waals surface area contributed by atoms with Crippen LogP contribution < -0.4 is 0 Å². The molecule has 0 amide bonds. The fourth-order valence-electron chi connectivity index (χ4n) is 6.18. The van der Waals surface area contributed by atoms with Crippen molar-refractivity contribution in [2.45, 2.75) is 0 Å². The zero-order valence-corrected chi connectivity index (χ0v) is 21.6. The minimum absolute atomic E-state index is 0.00869. The Labute approximate surface area is 230 Å². The van der Waals surface area contributed by atoms with Crippen LogP contribution in [0.15, 0.2) is 133 Å². The van der Waals surface area contributed by atoms with E-state index in [0.717, 1.165) is 49.7 Å². The third-order valence-corrected chi connectivity index (χ3v) is 7.99. The number of carbonyl (C=O) groups is 1. The van der Waals surface area contributed by atoms with E-state index in [1.165, 1.54) is 16.2 Å². The highest BCUT2D eigenvalue weighted by Gasteiger charge is 2.23. The second-order valence-corrected chi connectivity index (χ2v) is 10.2. The topological polar surface area (TPSA) is 48.6 Å². The van der Waals surface area contributed by atoms with Crippen LogP contribution in [0.25, 0.3) is 65.9 Å². The number of H-pyrrole nitrogens is 2. The van der Waals surface area contributed by atoms with E-state index in [1.807, 2.05) is 48.5 Å². The summed E-state index contributed by atoms with van der Waals surface area (Å²) in [5, 5.41) is 4.67. The van der Waals surface area contributed by atoms with Gasteiger partial charge in [-0.2, -0.15) is 0 Å². The molecule has 0 saturated heterocycles. The number of para-hydroxylation sites is 4. The molecule has 0 saturated carbocycles. The van der Waals surface area contributed by atoms with E-state index in [-0.39, 0.29) is 5.78 Å². The summed E-state index contributed by atoms with van der Waals surface area (Å²) in [5.41, 5.74) is 9.66. The molecule has 0 unspecified atom stereocenters. The van der Waals surface area contributed by atoms with Crippen LogP contribution in [0.2, 0.25) is 0 Å². The Balaban J connectivity index is 1.49. The first kappa shape index (κ1) is 22.6. The Morgan fingerprint density at radius 1 is 0.425 bits per heavy atom. The molecule has 0 atom stereocenters. The minimum atomic E-state index is 0.00869. The summed E-state index contributed by atoms with van der Waals surface area (Å²) in [6.45, 7) is 0. The van der Waals surface area contributed by atoms with Crippen molar-refractivity contribution in [3.8, 4) is 22.3 Å². The van der Waals surface area contributed by atoms with Gasteiger partial charge in [-0.25, -0.2) is 0 Å². The lowest BCUT2D eigenvalue weighted by molar-refractivity contribution is 0.103. The van der Waals surface area contributed by atoms with Gasteiger partial charge in [0.25, 0.3) is 0 Å². The number of nitrogens with one attached hydrogen (secondary N) is 2. The SMILES string of the molecule is O=C(c1ccccc1)c1cccc(-c2cccc3c2[nH]c2ccccc23)c1-c1cccc2c1[nH]c1ccccc12. The summed E-state index contributed by atoms with van der Waals surface area (Å²) in [5.74, 6) is 0.00869. The number of ketones is 1. The molecular weight excluding hydrogens is 488 g/mol. The van der Waals surface area contributed by atoms with E-state index >= 15 is 0 Å². The summed E-state index contributed by atoms with van der Waals surface area (Å²) in [6, 6.07) is 45.2. The van der Waals surface area contributed by atoms with Gasteiger partial charge in [-0.15, -0.1) is 0 Å². The third kappa shape index (κ3) is 3.35. The molecule has 0 aliphatic carbocycles. The Bertz CT molecular complexity index is 2230. The predicted octanol–water partition coefficient (Wildman–Crippen LogP) is 9.52. The number of hydrogen-bond acceptors (Lipinski definition) is 1. The normalized spacial score (nSPS) is 11.6. The Morgan fingerprint density at radius 2 is 0.925 bits per heavy atom. The maximum atomic E-state index is 14.1. The van der Waals surface area contributed by atoms with Crippen LogP contribution in [0.5, 0.6) is 0 Å². The standard InChI is InChI=1S/C37H24N2O/c40-37(23-11-2-1-3-12-23)31-20-8-15-26(29-18-9-16-27-24-13-4-6-21-32(24)38-35(27)29)34(31)30-19-10-17-28-25-14-5-7-22-33(25)39-36(28)30/h1-22,38-39H. The van der Waals surface area contributed by atoms with Crippen molar-refractivity contribution in [1.29, 1.82) is 0 Å². The van der Waals surface area contributed by atoms with Gasteiger partial charge in [0.2, 0.25) is 0 Å². The molecule has 0 spiro atoms. The zero-order chi connectivity index (χ0) is 26.6.